The highest BCUT2D eigenvalue weighted by molar-refractivity contribution is 5.63. The molecule has 0 aliphatic carbocycles. The summed E-state index contributed by atoms with van der Waals surface area (Å²) in [5.74, 6) is 1.34. The Labute approximate surface area is 198 Å². The summed E-state index contributed by atoms with van der Waals surface area (Å²) in [4.78, 5) is 0. The van der Waals surface area contributed by atoms with Crippen LogP contribution in [0.15, 0.2) is 83.9 Å². The van der Waals surface area contributed by atoms with Gasteiger partial charge in [0.05, 0.1) is 0 Å². The van der Waals surface area contributed by atoms with Gasteiger partial charge in [0.1, 0.15) is 60.1 Å². The predicted molar refractivity (Wildman–Crippen MR) is 126 cm³/mol. The molecule has 0 saturated carbocycles. The summed E-state index contributed by atoms with van der Waals surface area (Å²) in [6.07, 6.45) is 3.04. The van der Waals surface area contributed by atoms with Crippen molar-refractivity contribution in [1.29, 1.82) is 21.0 Å². The fraction of sp³-hybridized carbons (Fsp3) is 0.0714. The van der Waals surface area contributed by atoms with Gasteiger partial charge in [-0.25, -0.2) is 0 Å². The number of nitrogens with zero attached hydrogens (tertiary/aromatic N) is 4. The third-order valence-electron chi connectivity index (χ3n) is 4.77. The van der Waals surface area contributed by atoms with Crippen LogP contribution >= 0.6 is 0 Å². The van der Waals surface area contributed by atoms with Crippen LogP contribution in [0.3, 0.4) is 0 Å². The van der Waals surface area contributed by atoms with Crippen molar-refractivity contribution in [3.05, 3.63) is 106 Å². The second-order valence-electron chi connectivity index (χ2n) is 7.05. The van der Waals surface area contributed by atoms with Gasteiger partial charge in [-0.05, 0) is 58.7 Å². The van der Waals surface area contributed by atoms with Gasteiger partial charge in [0, 0.05) is 0 Å². The molecule has 0 fully saturated rings. The Morgan fingerprint density at radius 2 is 0.912 bits per heavy atom. The van der Waals surface area contributed by atoms with E-state index < -0.39 is 0 Å². The molecule has 6 nitrogen and oxygen atoms in total. The van der Waals surface area contributed by atoms with Gasteiger partial charge in [-0.15, -0.1) is 0 Å². The second-order valence-corrected chi connectivity index (χ2v) is 7.05. The van der Waals surface area contributed by atoms with Crippen molar-refractivity contribution in [2.24, 2.45) is 0 Å². The average molecular weight is 442 g/mol. The summed E-state index contributed by atoms with van der Waals surface area (Å²) >= 11 is 0. The number of rotatable bonds is 8. The largest absolute Gasteiger partial charge is 0.489 e. The molecule has 3 rings (SSSR count). The Hall–Kier alpha value is -5.30. The van der Waals surface area contributed by atoms with Crippen molar-refractivity contribution in [1.82, 2.24) is 0 Å². The van der Waals surface area contributed by atoms with Crippen molar-refractivity contribution in [3.8, 4) is 35.8 Å². The molecule has 0 saturated heterocycles. The summed E-state index contributed by atoms with van der Waals surface area (Å²) in [7, 11) is 0. The highest BCUT2D eigenvalue weighted by Gasteiger charge is 2.05. The Morgan fingerprint density at radius 1 is 0.559 bits per heavy atom. The van der Waals surface area contributed by atoms with Crippen LogP contribution in [-0.2, 0) is 13.2 Å². The lowest BCUT2D eigenvalue weighted by Crippen LogP contribution is -2.03. The van der Waals surface area contributed by atoms with E-state index in [1.54, 1.807) is 48.5 Å². The van der Waals surface area contributed by atoms with Gasteiger partial charge in [0.2, 0.25) is 0 Å². The van der Waals surface area contributed by atoms with Gasteiger partial charge < -0.3 is 9.47 Å². The fourth-order valence-corrected chi connectivity index (χ4v) is 2.99. The molecule has 0 aromatic heterocycles. The first-order valence-corrected chi connectivity index (χ1v) is 10.2. The third-order valence-corrected chi connectivity index (χ3v) is 4.77. The van der Waals surface area contributed by atoms with E-state index in [0.29, 0.717) is 24.7 Å². The van der Waals surface area contributed by atoms with Crippen LogP contribution in [0.1, 0.15) is 22.3 Å². The molecule has 0 radical (unpaired) electrons. The maximum absolute atomic E-state index is 8.86. The maximum atomic E-state index is 8.86. The lowest BCUT2D eigenvalue weighted by atomic mass is 10.1. The molecule has 162 valence electrons. The Balaban J connectivity index is 1.61. The van der Waals surface area contributed by atoms with Crippen molar-refractivity contribution in [2.75, 3.05) is 0 Å². The van der Waals surface area contributed by atoms with E-state index in [2.05, 4.69) is 0 Å². The van der Waals surface area contributed by atoms with E-state index in [0.717, 1.165) is 22.3 Å². The first kappa shape index (κ1) is 23.4. The lowest BCUT2D eigenvalue weighted by Gasteiger charge is -2.12. The van der Waals surface area contributed by atoms with E-state index in [4.69, 9.17) is 30.5 Å². The standard InChI is InChI=1S/C28H18N4O2/c29-15-23(16-30)13-21-5-9-27(10-6-21)33-19-25-3-1-2-4-26(25)20-34-28-11-7-22(8-12-28)14-24(17-31)18-32/h1-14H,19-20H2. The van der Waals surface area contributed by atoms with Crippen LogP contribution in [0.5, 0.6) is 11.5 Å². The summed E-state index contributed by atoms with van der Waals surface area (Å²) in [5, 5.41) is 35.4. The Morgan fingerprint density at radius 3 is 1.24 bits per heavy atom. The maximum Gasteiger partial charge on any atom is 0.130 e. The van der Waals surface area contributed by atoms with Crippen LogP contribution in [0.4, 0.5) is 0 Å². The van der Waals surface area contributed by atoms with Crippen LogP contribution in [0, 0.1) is 45.3 Å². The van der Waals surface area contributed by atoms with E-state index in [1.807, 2.05) is 48.5 Å². The van der Waals surface area contributed by atoms with Crippen molar-refractivity contribution < 1.29 is 9.47 Å². The predicted octanol–water partition coefficient (Wildman–Crippen LogP) is 5.71. The smallest absolute Gasteiger partial charge is 0.130 e. The van der Waals surface area contributed by atoms with Crippen molar-refractivity contribution >= 4 is 12.2 Å². The SMILES string of the molecule is N#CC(C#N)=Cc1ccc(OCc2ccccc2COc2ccc(C=C(C#N)C#N)cc2)cc1. The molecule has 0 amide bonds. The monoisotopic (exact) mass is 442 g/mol. The number of hydrogen-bond donors (Lipinski definition) is 0. The topological polar surface area (TPSA) is 114 Å². The first-order chi connectivity index (χ1) is 16.6. The zero-order valence-electron chi connectivity index (χ0n) is 18.1. The Kier molecular flexibility index (Phi) is 8.19. The minimum atomic E-state index is 0.0442. The van der Waals surface area contributed by atoms with Gasteiger partial charge in [-0.1, -0.05) is 48.5 Å². The van der Waals surface area contributed by atoms with Gasteiger partial charge in [0.15, 0.2) is 0 Å². The van der Waals surface area contributed by atoms with Gasteiger partial charge in [-0.2, -0.15) is 21.0 Å². The second kappa shape index (κ2) is 11.9. The number of ether oxygens (including phenoxy) is 2. The van der Waals surface area contributed by atoms with Gasteiger partial charge >= 0.3 is 0 Å². The van der Waals surface area contributed by atoms with E-state index >= 15 is 0 Å². The molecule has 0 aliphatic rings. The zero-order valence-corrected chi connectivity index (χ0v) is 18.1. The van der Waals surface area contributed by atoms with Crippen molar-refractivity contribution in [2.45, 2.75) is 13.2 Å². The Bertz CT molecular complexity index is 1230. The van der Waals surface area contributed by atoms with E-state index in [1.165, 1.54) is 12.2 Å². The zero-order chi connectivity index (χ0) is 24.2. The number of hydrogen-bond acceptors (Lipinski definition) is 6. The number of benzene rings is 3. The molecule has 0 bridgehead atoms. The van der Waals surface area contributed by atoms with Gasteiger partial charge in [-0.3, -0.25) is 0 Å². The molecule has 6 heteroatoms. The lowest BCUT2D eigenvalue weighted by molar-refractivity contribution is 0.285. The van der Waals surface area contributed by atoms with Crippen LogP contribution in [-0.4, -0.2) is 0 Å². The summed E-state index contributed by atoms with van der Waals surface area (Å²) < 4.78 is 11.8. The van der Waals surface area contributed by atoms with Crippen LogP contribution < -0.4 is 9.47 Å². The van der Waals surface area contributed by atoms with E-state index in [9.17, 15) is 0 Å². The fourth-order valence-electron chi connectivity index (χ4n) is 2.99. The molecule has 34 heavy (non-hydrogen) atoms. The van der Waals surface area contributed by atoms with Crippen molar-refractivity contribution in [3.63, 3.8) is 0 Å². The van der Waals surface area contributed by atoms with Crippen LogP contribution in [0.25, 0.3) is 12.2 Å². The third kappa shape index (κ3) is 6.60. The van der Waals surface area contributed by atoms with E-state index in [-0.39, 0.29) is 11.1 Å². The summed E-state index contributed by atoms with van der Waals surface area (Å²) in [5.41, 5.74) is 3.55. The molecule has 3 aromatic rings. The minimum absolute atomic E-state index is 0.0442. The minimum Gasteiger partial charge on any atom is -0.489 e. The first-order valence-electron chi connectivity index (χ1n) is 10.2. The molecule has 0 atom stereocenters. The highest BCUT2D eigenvalue weighted by Crippen LogP contribution is 2.20. The normalized spacial score (nSPS) is 9.29. The molecule has 0 N–H and O–H groups in total. The average Bonchev–Trinajstić information content (AvgIpc) is 2.89. The summed E-state index contributed by atoms with van der Waals surface area (Å²) in [6.45, 7) is 0.705. The number of allylic oxidation sites excluding steroid dienone is 2. The van der Waals surface area contributed by atoms with Crippen LogP contribution in [0.2, 0.25) is 0 Å². The molecular formula is C28H18N4O2. The number of nitriles is 4. The molecular weight excluding hydrogens is 424 g/mol. The molecule has 0 spiro atoms. The molecule has 0 aliphatic heterocycles. The summed E-state index contributed by atoms with van der Waals surface area (Å²) in [6, 6.07) is 29.5. The molecule has 0 heterocycles. The molecule has 3 aromatic carbocycles. The highest BCUT2D eigenvalue weighted by atomic mass is 16.5. The quantitative estimate of drug-likeness (QED) is 0.413. The molecule has 0 unspecified atom stereocenters. The van der Waals surface area contributed by atoms with Gasteiger partial charge in [0.25, 0.3) is 0 Å².